The first-order valence-corrected chi connectivity index (χ1v) is 17.2. The highest BCUT2D eigenvalue weighted by Gasteiger charge is 2.33. The summed E-state index contributed by atoms with van der Waals surface area (Å²) in [6.07, 6.45) is 6.88. The Hall–Kier alpha value is -2.84. The zero-order valence-corrected chi connectivity index (χ0v) is 30.3. The molecule has 46 heavy (non-hydrogen) atoms. The van der Waals surface area contributed by atoms with Crippen LogP contribution < -0.4 is 22.1 Å². The zero-order chi connectivity index (χ0) is 34.4. The van der Waals surface area contributed by atoms with Crippen LogP contribution in [-0.4, -0.2) is 37.2 Å². The number of nitrogen functional groups attached to an aromatic ring is 2. The molecule has 0 amide bonds. The SMILES string of the molecule is CCOC(=O)c1cc(N)c(N[C@@H]2C[C@H](C)CC(C)(C)C2)cc1Cl.CCOC(=O)c1cc(N)c(N[C@H]2C[C@@H](C)CC(C)(C)C2)cc1Cl. The molecule has 2 fully saturated rings. The summed E-state index contributed by atoms with van der Waals surface area (Å²) in [5.74, 6) is 0.463. The van der Waals surface area contributed by atoms with Crippen LogP contribution in [-0.2, 0) is 9.47 Å². The lowest BCUT2D eigenvalue weighted by atomic mass is 9.70. The average Bonchev–Trinajstić information content (AvgIpc) is 2.90. The fourth-order valence-electron chi connectivity index (χ4n) is 7.51. The fourth-order valence-corrected chi connectivity index (χ4v) is 7.99. The van der Waals surface area contributed by atoms with E-state index in [4.69, 9.17) is 44.1 Å². The van der Waals surface area contributed by atoms with Crippen molar-refractivity contribution in [1.82, 2.24) is 0 Å². The first kappa shape index (κ1) is 37.6. The van der Waals surface area contributed by atoms with E-state index in [0.29, 0.717) is 80.5 Å². The van der Waals surface area contributed by atoms with Gasteiger partial charge >= 0.3 is 11.9 Å². The second kappa shape index (κ2) is 15.8. The number of halogens is 2. The minimum atomic E-state index is -0.442. The molecule has 0 bridgehead atoms. The van der Waals surface area contributed by atoms with Crippen molar-refractivity contribution in [2.45, 2.75) is 106 Å². The highest BCUT2D eigenvalue weighted by atomic mass is 35.5. The summed E-state index contributed by atoms with van der Waals surface area (Å²) in [5, 5.41) is 7.75. The molecule has 2 aliphatic rings. The average molecular weight is 678 g/mol. The first-order chi connectivity index (χ1) is 21.4. The van der Waals surface area contributed by atoms with Crippen LogP contribution >= 0.6 is 23.2 Å². The molecular formula is C36H54Cl2N4O4. The van der Waals surface area contributed by atoms with Crippen molar-refractivity contribution < 1.29 is 19.1 Å². The Morgan fingerprint density at radius 1 is 0.717 bits per heavy atom. The number of hydrogen-bond donors (Lipinski definition) is 4. The molecule has 4 rings (SSSR count). The Labute approximate surface area is 285 Å². The van der Waals surface area contributed by atoms with E-state index in [9.17, 15) is 9.59 Å². The van der Waals surface area contributed by atoms with Crippen LogP contribution in [0.2, 0.25) is 10.0 Å². The molecule has 2 aromatic carbocycles. The molecule has 256 valence electrons. The van der Waals surface area contributed by atoms with Crippen molar-refractivity contribution >= 4 is 57.9 Å². The Kier molecular flexibility index (Phi) is 12.9. The molecule has 2 aromatic rings. The van der Waals surface area contributed by atoms with Crippen LogP contribution in [0, 0.1) is 22.7 Å². The van der Waals surface area contributed by atoms with Crippen molar-refractivity contribution in [2.24, 2.45) is 22.7 Å². The molecule has 0 saturated heterocycles. The number of nitrogens with two attached hydrogens (primary N) is 2. The van der Waals surface area contributed by atoms with Crippen molar-refractivity contribution in [1.29, 1.82) is 0 Å². The number of carbonyl (C=O) groups excluding carboxylic acids is 2. The van der Waals surface area contributed by atoms with Gasteiger partial charge in [-0.2, -0.15) is 0 Å². The lowest BCUT2D eigenvalue weighted by molar-refractivity contribution is 0.0517. The van der Waals surface area contributed by atoms with Crippen LogP contribution in [0.5, 0.6) is 0 Å². The van der Waals surface area contributed by atoms with Gasteiger partial charge in [-0.1, -0.05) is 64.7 Å². The highest BCUT2D eigenvalue weighted by Crippen LogP contribution is 2.42. The molecule has 0 unspecified atom stereocenters. The van der Waals surface area contributed by atoms with Crippen LogP contribution in [0.15, 0.2) is 24.3 Å². The van der Waals surface area contributed by atoms with Gasteiger partial charge in [-0.05, 0) is 99.3 Å². The van der Waals surface area contributed by atoms with E-state index >= 15 is 0 Å². The number of ether oxygens (including phenoxy) is 2. The molecule has 0 aromatic heterocycles. The minimum absolute atomic E-state index is 0.310. The monoisotopic (exact) mass is 676 g/mol. The first-order valence-electron chi connectivity index (χ1n) is 16.5. The molecular weight excluding hydrogens is 623 g/mol. The number of hydrogen-bond acceptors (Lipinski definition) is 8. The maximum atomic E-state index is 11.9. The maximum Gasteiger partial charge on any atom is 0.339 e. The molecule has 6 N–H and O–H groups in total. The van der Waals surface area contributed by atoms with E-state index in [1.165, 1.54) is 12.8 Å². The van der Waals surface area contributed by atoms with E-state index < -0.39 is 11.9 Å². The Morgan fingerprint density at radius 2 is 1.07 bits per heavy atom. The summed E-state index contributed by atoms with van der Waals surface area (Å²) in [4.78, 5) is 23.7. The van der Waals surface area contributed by atoms with Gasteiger partial charge in [-0.15, -0.1) is 0 Å². The molecule has 0 radical (unpaired) electrons. The lowest BCUT2D eigenvalue weighted by Crippen LogP contribution is -2.35. The topological polar surface area (TPSA) is 129 Å². The third-order valence-electron chi connectivity index (χ3n) is 8.76. The van der Waals surface area contributed by atoms with E-state index in [-0.39, 0.29) is 0 Å². The molecule has 2 aliphatic carbocycles. The van der Waals surface area contributed by atoms with Crippen molar-refractivity contribution in [2.75, 3.05) is 35.3 Å². The Bertz CT molecular complexity index is 1280. The number of anilines is 4. The molecule has 10 heteroatoms. The summed E-state index contributed by atoms with van der Waals surface area (Å²) in [6, 6.07) is 7.38. The third kappa shape index (κ3) is 10.6. The fraction of sp³-hybridized carbons (Fsp3) is 0.611. The van der Waals surface area contributed by atoms with Gasteiger partial charge in [-0.3, -0.25) is 0 Å². The number of benzene rings is 2. The van der Waals surface area contributed by atoms with E-state index in [1.807, 2.05) is 0 Å². The van der Waals surface area contributed by atoms with Gasteiger partial charge < -0.3 is 31.6 Å². The van der Waals surface area contributed by atoms with Crippen molar-refractivity contribution in [3.63, 3.8) is 0 Å². The number of rotatable bonds is 8. The van der Waals surface area contributed by atoms with Crippen molar-refractivity contribution in [3.8, 4) is 0 Å². The van der Waals surface area contributed by atoms with Gasteiger partial charge in [0.05, 0.1) is 57.1 Å². The Balaban J connectivity index is 0.000000250. The largest absolute Gasteiger partial charge is 0.462 e. The van der Waals surface area contributed by atoms with Gasteiger partial charge in [-0.25, -0.2) is 9.59 Å². The molecule has 4 atom stereocenters. The normalized spacial score (nSPS) is 23.3. The Morgan fingerprint density at radius 3 is 1.37 bits per heavy atom. The minimum Gasteiger partial charge on any atom is -0.462 e. The molecule has 0 spiro atoms. The predicted molar refractivity (Wildman–Crippen MR) is 192 cm³/mol. The lowest BCUT2D eigenvalue weighted by Gasteiger charge is -2.39. The number of carbonyl (C=O) groups is 2. The van der Waals surface area contributed by atoms with Crippen molar-refractivity contribution in [3.05, 3.63) is 45.4 Å². The smallest absolute Gasteiger partial charge is 0.339 e. The molecule has 0 aliphatic heterocycles. The van der Waals surface area contributed by atoms with Gasteiger partial charge in [0.15, 0.2) is 0 Å². The van der Waals surface area contributed by atoms with E-state index in [1.54, 1.807) is 38.1 Å². The second-order valence-corrected chi connectivity index (χ2v) is 15.6. The number of esters is 2. The quantitative estimate of drug-likeness (QED) is 0.161. The van der Waals surface area contributed by atoms with E-state index in [0.717, 1.165) is 37.1 Å². The summed E-state index contributed by atoms with van der Waals surface area (Å²) in [7, 11) is 0. The second-order valence-electron chi connectivity index (χ2n) is 14.8. The third-order valence-corrected chi connectivity index (χ3v) is 9.39. The van der Waals surface area contributed by atoms with Gasteiger partial charge in [0, 0.05) is 12.1 Å². The molecule has 8 nitrogen and oxygen atoms in total. The highest BCUT2D eigenvalue weighted by molar-refractivity contribution is 6.34. The summed E-state index contributed by atoms with van der Waals surface area (Å²) < 4.78 is 9.99. The maximum absolute atomic E-state index is 11.9. The summed E-state index contributed by atoms with van der Waals surface area (Å²) in [6.45, 7) is 17.9. The summed E-state index contributed by atoms with van der Waals surface area (Å²) in [5.41, 5.74) is 16.1. The van der Waals surface area contributed by atoms with Gasteiger partial charge in [0.2, 0.25) is 0 Å². The van der Waals surface area contributed by atoms with Gasteiger partial charge in [0.1, 0.15) is 0 Å². The van der Waals surface area contributed by atoms with Crippen LogP contribution in [0.3, 0.4) is 0 Å². The predicted octanol–water partition coefficient (Wildman–Crippen LogP) is 9.45. The van der Waals surface area contributed by atoms with E-state index in [2.05, 4.69) is 52.2 Å². The number of nitrogens with one attached hydrogen (secondary N) is 2. The summed E-state index contributed by atoms with van der Waals surface area (Å²) >= 11 is 12.5. The van der Waals surface area contributed by atoms with Crippen LogP contribution in [0.1, 0.15) is 115 Å². The molecule has 0 heterocycles. The zero-order valence-electron chi connectivity index (χ0n) is 28.8. The molecule has 2 saturated carbocycles. The van der Waals surface area contributed by atoms with Gasteiger partial charge in [0.25, 0.3) is 0 Å². The van der Waals surface area contributed by atoms with Crippen LogP contribution in [0.4, 0.5) is 22.7 Å². The van der Waals surface area contributed by atoms with Crippen LogP contribution in [0.25, 0.3) is 0 Å². The standard InChI is InChI=1S/2C18H27ClN2O2/c2*1-5-23-17(22)13-7-15(20)16(8-14(13)19)21-12-6-11(2)9-18(3,4)10-12/h2*7-8,11-12,21H,5-6,9-10,20H2,1-4H3/t2*11-,12+/m10/s1.